The molecule has 0 radical (unpaired) electrons. The second-order valence-corrected chi connectivity index (χ2v) is 19.9. The Kier molecular flexibility index (Phi) is 9.81. The van der Waals surface area contributed by atoms with Gasteiger partial charge in [-0.2, -0.15) is 18.2 Å². The molecule has 0 aliphatic carbocycles. The number of imidazole rings is 1. The smallest absolute Gasteiger partial charge is 0.268 e. The molecule has 0 aliphatic heterocycles. The van der Waals surface area contributed by atoms with E-state index in [1.807, 2.05) is 113 Å². The molecule has 6 aromatic carbocycles. The summed E-state index contributed by atoms with van der Waals surface area (Å²) in [6.45, 7) is 18.8. The first-order valence-electron chi connectivity index (χ1n) is 25.7. The average Bonchev–Trinajstić information content (AvgIpc) is 3.90. The van der Waals surface area contributed by atoms with Gasteiger partial charge in [-0.15, -0.1) is 29.7 Å². The van der Waals surface area contributed by atoms with Crippen molar-refractivity contribution in [3.63, 3.8) is 0 Å². The summed E-state index contributed by atoms with van der Waals surface area (Å²) in [5.74, 6) is 1.36. The molecule has 0 unspecified atom stereocenters. The summed E-state index contributed by atoms with van der Waals surface area (Å²) in [5.41, 5.74) is 8.20. The molecule has 10 rings (SSSR count). The summed E-state index contributed by atoms with van der Waals surface area (Å²) >= 11 is 0. The molecule has 10 aromatic rings. The van der Waals surface area contributed by atoms with E-state index >= 15 is 0 Å². The van der Waals surface area contributed by atoms with E-state index in [0.717, 1.165) is 49.6 Å². The summed E-state index contributed by atoms with van der Waals surface area (Å²) in [6.07, 6.45) is 7.16. The van der Waals surface area contributed by atoms with Crippen LogP contribution in [0.25, 0.3) is 72.3 Å². The Morgan fingerprint density at radius 1 is 0.672 bits per heavy atom. The molecule has 0 aliphatic rings. The number of hydrogen-bond acceptors (Lipinski definition) is 3. The zero-order valence-electron chi connectivity index (χ0n) is 46.1. The van der Waals surface area contributed by atoms with Crippen LogP contribution >= 0.6 is 0 Å². The van der Waals surface area contributed by atoms with Gasteiger partial charge in [0, 0.05) is 59.4 Å². The van der Waals surface area contributed by atoms with Crippen LogP contribution in [0, 0.1) is 23.9 Å². The Morgan fingerprint density at radius 3 is 2.10 bits per heavy atom. The minimum Gasteiger partial charge on any atom is -0.510 e. The van der Waals surface area contributed by atoms with Crippen molar-refractivity contribution in [1.82, 2.24) is 19.1 Å². The molecule has 0 spiro atoms. The van der Waals surface area contributed by atoms with Crippen LogP contribution in [0.4, 0.5) is 0 Å². The number of benzene rings is 6. The van der Waals surface area contributed by atoms with Gasteiger partial charge in [0.1, 0.15) is 5.82 Å². The molecule has 338 valence electrons. The number of ether oxygens (including phenoxy) is 1. The first kappa shape index (κ1) is 37.5. The van der Waals surface area contributed by atoms with Crippen molar-refractivity contribution in [2.75, 3.05) is 0 Å². The number of hydrogen-bond donors (Lipinski definition) is 0. The third kappa shape index (κ3) is 9.00. The molecule has 0 atom stereocenters. The maximum absolute atomic E-state index is 9.20. The van der Waals surface area contributed by atoms with Crippen LogP contribution in [-0.4, -0.2) is 19.1 Å². The van der Waals surface area contributed by atoms with Crippen LogP contribution < -0.4 is 9.30 Å². The van der Waals surface area contributed by atoms with E-state index < -0.39 is 29.9 Å². The number of rotatable bonds is 8. The predicted octanol–water partition coefficient (Wildman–Crippen LogP) is 14.5. The molecule has 7 heteroatoms. The Labute approximate surface area is 419 Å². The molecule has 0 amide bonds. The predicted molar refractivity (Wildman–Crippen MR) is 269 cm³/mol. The second kappa shape index (κ2) is 17.6. The van der Waals surface area contributed by atoms with Gasteiger partial charge in [0.25, 0.3) is 6.33 Å². The Hall–Kier alpha value is -6.62. The van der Waals surface area contributed by atoms with Crippen LogP contribution in [0.3, 0.4) is 0 Å². The Balaban J connectivity index is 0.00000672. The van der Waals surface area contributed by atoms with E-state index in [9.17, 15) is 2.74 Å². The van der Waals surface area contributed by atoms with Gasteiger partial charge in [0.2, 0.25) is 0 Å². The molecule has 0 saturated heterocycles. The molecular formula is C60H55N5OPt-2. The molecular weight excluding hydrogens is 1000 g/mol. The zero-order valence-corrected chi connectivity index (χ0v) is 41.4. The van der Waals surface area contributed by atoms with Gasteiger partial charge in [-0.1, -0.05) is 159 Å². The summed E-state index contributed by atoms with van der Waals surface area (Å²) in [5, 5.41) is 1.76. The van der Waals surface area contributed by atoms with E-state index in [0.29, 0.717) is 45.3 Å². The maximum atomic E-state index is 9.20. The van der Waals surface area contributed by atoms with Crippen LogP contribution in [0.2, 0.25) is 0 Å². The first-order chi connectivity index (χ1) is 34.4. The van der Waals surface area contributed by atoms with Crippen molar-refractivity contribution in [3.8, 4) is 50.9 Å². The number of pyridine rings is 2. The minimum atomic E-state index is -1.64. The monoisotopic (exact) mass is 1060 g/mol. The average molecular weight is 1060 g/mol. The van der Waals surface area contributed by atoms with Crippen molar-refractivity contribution in [1.29, 1.82) is 0 Å². The molecule has 0 bridgehead atoms. The normalized spacial score (nSPS) is 13.9. The van der Waals surface area contributed by atoms with Crippen LogP contribution in [0.15, 0.2) is 158 Å². The van der Waals surface area contributed by atoms with Crippen molar-refractivity contribution in [3.05, 3.63) is 193 Å². The Morgan fingerprint density at radius 2 is 1.37 bits per heavy atom. The van der Waals surface area contributed by atoms with Gasteiger partial charge in [-0.3, -0.25) is 9.55 Å². The first-order valence-corrected chi connectivity index (χ1v) is 22.2. The van der Waals surface area contributed by atoms with Gasteiger partial charge in [-0.05, 0) is 90.8 Å². The third-order valence-corrected chi connectivity index (χ3v) is 11.7. The molecule has 67 heavy (non-hydrogen) atoms. The molecule has 0 saturated carbocycles. The van der Waals surface area contributed by atoms with E-state index in [1.165, 1.54) is 0 Å². The second-order valence-electron chi connectivity index (χ2n) is 19.9. The maximum Gasteiger partial charge on any atom is 0.268 e. The standard InChI is InChI=1S/C60H55N5O.Pt/c1-58(2,3)37-40-27-30-62-56(31-40)65-52-28-29-61-38-51(52)50-26-25-47(36-55(50)65)66-46-20-15-19-45(35-46)63-39-64(54-24-14-13-23-53(54)63)57-48(41-17-11-10-12-18-41)21-16-22-49(57)42-32-43(59(4,5)6)34-44(33-42)60(7,8)9;/h10-34,38H,37H2,1-9H3;/q-2;/i10D,11D,12D,17D,18D,37D2;. The van der Waals surface area contributed by atoms with Crippen LogP contribution in [0.5, 0.6) is 11.5 Å². The summed E-state index contributed by atoms with van der Waals surface area (Å²) < 4.78 is 74.7. The minimum absolute atomic E-state index is 0. The Bertz CT molecular complexity index is 3780. The molecule has 0 N–H and O–H groups in total. The number of fused-ring (bicyclic) bond motifs is 4. The summed E-state index contributed by atoms with van der Waals surface area (Å²) in [6, 6.07) is 40.2. The van der Waals surface area contributed by atoms with Crippen LogP contribution in [-0.2, 0) is 38.3 Å². The van der Waals surface area contributed by atoms with E-state index in [4.69, 9.17) is 16.6 Å². The van der Waals surface area contributed by atoms with E-state index in [1.54, 1.807) is 30.7 Å². The summed E-state index contributed by atoms with van der Waals surface area (Å²) in [7, 11) is 0. The molecule has 4 heterocycles. The fraction of sp³-hybridized carbons (Fsp3) is 0.217. The SMILES string of the molecule is [2H]c1c([2H])c([2H])c(-c2cccc(-c3cc(C(C)(C)C)cc(C(C)(C)C)c3)c2-[n+]2[c-]n(-c3[c-]c(Oc4[c-]c5c(cc4)c4cnccc4n5-c4cc(C([2H])([2H])C(C)(C)C)ccn4)ccc3)c3ccccc32)c([2H])c1[2H].[Pt]. The topological polar surface area (TPSA) is 48.8 Å². The fourth-order valence-corrected chi connectivity index (χ4v) is 8.52. The quantitative estimate of drug-likeness (QED) is 0.113. The zero-order chi connectivity index (χ0) is 52.1. The molecule has 6 nitrogen and oxygen atoms in total. The number of aromatic nitrogens is 5. The molecule has 0 fully saturated rings. The largest absolute Gasteiger partial charge is 0.510 e. The fourth-order valence-electron chi connectivity index (χ4n) is 8.52. The van der Waals surface area contributed by atoms with Crippen molar-refractivity contribution >= 4 is 32.8 Å². The van der Waals surface area contributed by atoms with Gasteiger partial charge in [0.15, 0.2) is 0 Å². The van der Waals surface area contributed by atoms with E-state index in [-0.39, 0.29) is 49.5 Å². The molecule has 4 aromatic heterocycles. The number of nitrogens with zero attached hydrogens (tertiary/aromatic N) is 5. The van der Waals surface area contributed by atoms with Gasteiger partial charge >= 0.3 is 0 Å². The van der Waals surface area contributed by atoms with Gasteiger partial charge in [0.05, 0.1) is 23.6 Å². The van der Waals surface area contributed by atoms with Crippen molar-refractivity contribution in [2.24, 2.45) is 5.41 Å². The van der Waals surface area contributed by atoms with Gasteiger partial charge in [-0.25, -0.2) is 4.98 Å². The van der Waals surface area contributed by atoms with E-state index in [2.05, 4.69) is 83.2 Å². The van der Waals surface area contributed by atoms with Crippen LogP contribution in [0.1, 0.15) is 88.6 Å². The number of para-hydroxylation sites is 3. The summed E-state index contributed by atoms with van der Waals surface area (Å²) in [4.78, 5) is 9.16. The third-order valence-electron chi connectivity index (χ3n) is 11.7. The van der Waals surface area contributed by atoms with Gasteiger partial charge < -0.3 is 13.9 Å². The van der Waals surface area contributed by atoms with Crippen molar-refractivity contribution < 1.29 is 40.0 Å². The van der Waals surface area contributed by atoms with Crippen molar-refractivity contribution in [2.45, 2.75) is 79.5 Å².